The highest BCUT2D eigenvalue weighted by molar-refractivity contribution is 9.10. The second-order valence-electron chi connectivity index (χ2n) is 6.07. The highest BCUT2D eigenvalue weighted by atomic mass is 79.9. The third kappa shape index (κ3) is 3.27. The second kappa shape index (κ2) is 7.28. The third-order valence-electron chi connectivity index (χ3n) is 4.29. The van der Waals surface area contributed by atoms with Crippen molar-refractivity contribution in [2.45, 2.75) is 0 Å². The van der Waals surface area contributed by atoms with Gasteiger partial charge >= 0.3 is 6.03 Å². The molecular weight excluding hydrogens is 422 g/mol. The summed E-state index contributed by atoms with van der Waals surface area (Å²) in [4.78, 5) is 38.5. The van der Waals surface area contributed by atoms with Crippen LogP contribution < -0.4 is 10.2 Å². The molecule has 1 saturated heterocycles. The molecule has 3 aromatic rings. The van der Waals surface area contributed by atoms with E-state index in [2.05, 4.69) is 21.2 Å². The van der Waals surface area contributed by atoms with Crippen LogP contribution >= 0.6 is 15.9 Å². The summed E-state index contributed by atoms with van der Waals surface area (Å²) in [7, 11) is 0. The van der Waals surface area contributed by atoms with Crippen LogP contribution in [-0.2, 0) is 9.59 Å². The van der Waals surface area contributed by atoms with E-state index in [4.69, 9.17) is 0 Å². The highest BCUT2D eigenvalue weighted by Crippen LogP contribution is 2.23. The topological polar surface area (TPSA) is 71.4 Å². The lowest BCUT2D eigenvalue weighted by molar-refractivity contribution is -0.122. The van der Waals surface area contributed by atoms with E-state index in [0.717, 1.165) is 15.1 Å². The third-order valence-corrected chi connectivity index (χ3v) is 4.82. The van der Waals surface area contributed by atoms with Crippen molar-refractivity contribution in [1.29, 1.82) is 0 Å². The fraction of sp³-hybridized carbons (Fsp3) is 0. The molecule has 0 atom stereocenters. The molecule has 1 aliphatic rings. The van der Waals surface area contributed by atoms with Crippen molar-refractivity contribution in [3.63, 3.8) is 0 Å². The molecule has 0 radical (unpaired) electrons. The van der Waals surface area contributed by atoms with Crippen molar-refractivity contribution in [2.24, 2.45) is 0 Å². The molecule has 138 valence electrons. The Labute approximate surface area is 169 Å². The number of nitrogens with one attached hydrogen (secondary N) is 1. The van der Waals surface area contributed by atoms with Crippen molar-refractivity contribution < 1.29 is 14.4 Å². The van der Waals surface area contributed by atoms with Crippen molar-refractivity contribution >= 4 is 45.5 Å². The lowest BCUT2D eigenvalue weighted by Gasteiger charge is -2.26. The Morgan fingerprint density at radius 2 is 1.54 bits per heavy atom. The number of carbonyl (C=O) groups is 3. The van der Waals surface area contributed by atoms with E-state index >= 15 is 0 Å². The summed E-state index contributed by atoms with van der Waals surface area (Å²) < 4.78 is 2.80. The van der Waals surface area contributed by atoms with Gasteiger partial charge in [-0.1, -0.05) is 34.1 Å². The zero-order chi connectivity index (χ0) is 19.7. The van der Waals surface area contributed by atoms with Crippen LogP contribution in [0.3, 0.4) is 0 Å². The van der Waals surface area contributed by atoms with Gasteiger partial charge in [-0.2, -0.15) is 0 Å². The molecule has 0 spiro atoms. The SMILES string of the molecule is O=C1NC(=O)N(c2ccccc2)C(=O)C1=Cc1cccn1-c1ccc(Br)cc1. The molecule has 1 aliphatic heterocycles. The number of hydrogen-bond donors (Lipinski definition) is 1. The van der Waals surface area contributed by atoms with E-state index in [1.54, 1.807) is 36.4 Å². The number of para-hydroxylation sites is 1. The van der Waals surface area contributed by atoms with Gasteiger partial charge in [-0.25, -0.2) is 9.69 Å². The Balaban J connectivity index is 1.74. The van der Waals surface area contributed by atoms with Gasteiger partial charge in [0.05, 0.1) is 5.69 Å². The standard InChI is InChI=1S/C21H14BrN3O3/c22-14-8-10-15(11-9-14)24-12-4-7-17(24)13-18-19(26)23-21(28)25(20(18)27)16-5-2-1-3-6-16/h1-13H,(H,23,26,28). The van der Waals surface area contributed by atoms with Crippen LogP contribution in [0.2, 0.25) is 0 Å². The minimum absolute atomic E-state index is 0.111. The van der Waals surface area contributed by atoms with Crippen LogP contribution in [0.15, 0.2) is 83.0 Å². The molecule has 2 heterocycles. The Bertz CT molecular complexity index is 1100. The quantitative estimate of drug-likeness (QED) is 0.500. The molecule has 2 aromatic carbocycles. The van der Waals surface area contributed by atoms with Crippen molar-refractivity contribution in [3.8, 4) is 5.69 Å². The largest absolute Gasteiger partial charge is 0.335 e. The smallest absolute Gasteiger partial charge is 0.317 e. The maximum absolute atomic E-state index is 12.9. The maximum atomic E-state index is 12.9. The molecule has 6 nitrogen and oxygen atoms in total. The average molecular weight is 436 g/mol. The fourth-order valence-corrected chi connectivity index (χ4v) is 3.23. The molecule has 1 N–H and O–H groups in total. The number of urea groups is 1. The predicted octanol–water partition coefficient (Wildman–Crippen LogP) is 3.91. The summed E-state index contributed by atoms with van der Waals surface area (Å²) in [5.74, 6) is -1.38. The Morgan fingerprint density at radius 3 is 2.25 bits per heavy atom. The number of nitrogens with zero attached hydrogens (tertiary/aromatic N) is 2. The minimum Gasteiger partial charge on any atom is -0.317 e. The van der Waals surface area contributed by atoms with Crippen LogP contribution in [0, 0.1) is 0 Å². The van der Waals surface area contributed by atoms with E-state index in [0.29, 0.717) is 11.4 Å². The summed E-state index contributed by atoms with van der Waals surface area (Å²) in [5.41, 5.74) is 1.80. The molecule has 1 aromatic heterocycles. The minimum atomic E-state index is -0.762. The van der Waals surface area contributed by atoms with E-state index in [9.17, 15) is 14.4 Å². The molecule has 4 rings (SSSR count). The zero-order valence-electron chi connectivity index (χ0n) is 14.5. The van der Waals surface area contributed by atoms with Gasteiger partial charge in [-0.05, 0) is 54.6 Å². The van der Waals surface area contributed by atoms with Gasteiger partial charge < -0.3 is 4.57 Å². The normalized spacial score (nSPS) is 15.8. The first-order chi connectivity index (χ1) is 13.5. The predicted molar refractivity (Wildman–Crippen MR) is 109 cm³/mol. The number of carbonyl (C=O) groups excluding carboxylic acids is 3. The summed E-state index contributed by atoms with van der Waals surface area (Å²) in [6.07, 6.45) is 3.32. The van der Waals surface area contributed by atoms with Gasteiger partial charge in [0.2, 0.25) is 0 Å². The zero-order valence-corrected chi connectivity index (χ0v) is 16.1. The second-order valence-corrected chi connectivity index (χ2v) is 6.99. The van der Waals surface area contributed by atoms with Gasteiger partial charge in [-0.15, -0.1) is 0 Å². The number of anilines is 1. The molecule has 4 amide bonds. The summed E-state index contributed by atoms with van der Waals surface area (Å²) in [6, 6.07) is 19.0. The number of aromatic nitrogens is 1. The number of hydrogen-bond acceptors (Lipinski definition) is 3. The summed E-state index contributed by atoms with van der Waals surface area (Å²) in [6.45, 7) is 0. The summed E-state index contributed by atoms with van der Waals surface area (Å²) >= 11 is 3.40. The van der Waals surface area contributed by atoms with Gasteiger partial charge in [0, 0.05) is 22.1 Å². The molecule has 0 bridgehead atoms. The van der Waals surface area contributed by atoms with E-state index in [-0.39, 0.29) is 5.57 Å². The first kappa shape index (κ1) is 17.9. The Morgan fingerprint density at radius 1 is 0.821 bits per heavy atom. The van der Waals surface area contributed by atoms with Crippen molar-refractivity contribution in [3.05, 3.63) is 88.7 Å². The van der Waals surface area contributed by atoms with E-state index < -0.39 is 17.8 Å². The number of amides is 4. The molecule has 7 heteroatoms. The van der Waals surface area contributed by atoms with Crippen LogP contribution in [0.4, 0.5) is 10.5 Å². The lowest BCUT2D eigenvalue weighted by Crippen LogP contribution is -2.54. The first-order valence-electron chi connectivity index (χ1n) is 8.44. The van der Waals surface area contributed by atoms with Crippen molar-refractivity contribution in [2.75, 3.05) is 4.90 Å². The number of rotatable bonds is 3. The van der Waals surface area contributed by atoms with Crippen LogP contribution in [0.5, 0.6) is 0 Å². The average Bonchev–Trinajstić information content (AvgIpc) is 3.15. The van der Waals surface area contributed by atoms with E-state index in [1.807, 2.05) is 41.1 Å². The van der Waals surface area contributed by atoms with Crippen molar-refractivity contribution in [1.82, 2.24) is 9.88 Å². The number of barbiturate groups is 1. The molecule has 28 heavy (non-hydrogen) atoms. The Kier molecular flexibility index (Phi) is 4.67. The molecule has 0 aliphatic carbocycles. The highest BCUT2D eigenvalue weighted by Gasteiger charge is 2.36. The summed E-state index contributed by atoms with van der Waals surface area (Å²) in [5, 5.41) is 2.23. The van der Waals surface area contributed by atoms with Crippen LogP contribution in [-0.4, -0.2) is 22.4 Å². The molecular formula is C21H14BrN3O3. The van der Waals surface area contributed by atoms with Crippen LogP contribution in [0.1, 0.15) is 5.69 Å². The van der Waals surface area contributed by atoms with Gasteiger partial charge in [0.25, 0.3) is 11.8 Å². The number of imide groups is 2. The maximum Gasteiger partial charge on any atom is 0.335 e. The monoisotopic (exact) mass is 435 g/mol. The van der Waals surface area contributed by atoms with E-state index in [1.165, 1.54) is 6.08 Å². The van der Waals surface area contributed by atoms with Gasteiger partial charge in [0.15, 0.2) is 0 Å². The van der Waals surface area contributed by atoms with Crippen LogP contribution in [0.25, 0.3) is 11.8 Å². The van der Waals surface area contributed by atoms with Gasteiger partial charge in [-0.3, -0.25) is 14.9 Å². The molecule has 0 unspecified atom stereocenters. The lowest BCUT2D eigenvalue weighted by atomic mass is 10.1. The first-order valence-corrected chi connectivity index (χ1v) is 9.24. The fourth-order valence-electron chi connectivity index (χ4n) is 2.97. The Hall–Kier alpha value is -3.45. The van der Waals surface area contributed by atoms with Gasteiger partial charge in [0.1, 0.15) is 5.57 Å². The molecule has 0 saturated carbocycles. The molecule has 1 fully saturated rings. The number of benzene rings is 2. The number of halogens is 1.